The van der Waals surface area contributed by atoms with Gasteiger partial charge in [0.05, 0.1) is 6.42 Å². The molecule has 2 amide bonds. The number of hydrogen-bond donors (Lipinski definition) is 2. The van der Waals surface area contributed by atoms with Gasteiger partial charge in [0.15, 0.2) is 6.61 Å². The van der Waals surface area contributed by atoms with Crippen molar-refractivity contribution in [3.63, 3.8) is 0 Å². The van der Waals surface area contributed by atoms with Crippen LogP contribution in [-0.2, 0) is 19.1 Å². The zero-order valence-corrected chi connectivity index (χ0v) is 15.8. The van der Waals surface area contributed by atoms with Crippen molar-refractivity contribution in [1.29, 1.82) is 0 Å². The maximum absolute atomic E-state index is 11.9. The topological polar surface area (TPSA) is 84.5 Å². The van der Waals surface area contributed by atoms with E-state index in [1.807, 2.05) is 51.1 Å². The highest BCUT2D eigenvalue weighted by Gasteiger charge is 2.12. The first-order chi connectivity index (χ1) is 12.9. The Morgan fingerprint density at radius 1 is 0.778 bits per heavy atom. The number of rotatable bonds is 7. The Morgan fingerprint density at radius 3 is 2.15 bits per heavy atom. The van der Waals surface area contributed by atoms with Gasteiger partial charge in [0.25, 0.3) is 5.91 Å². The molecular formula is C21H24N2O4. The third-order valence-corrected chi connectivity index (χ3v) is 4.22. The van der Waals surface area contributed by atoms with Gasteiger partial charge in [-0.15, -0.1) is 0 Å². The van der Waals surface area contributed by atoms with E-state index < -0.39 is 11.9 Å². The van der Waals surface area contributed by atoms with Crippen molar-refractivity contribution in [2.75, 3.05) is 17.2 Å². The first-order valence-corrected chi connectivity index (χ1v) is 8.74. The van der Waals surface area contributed by atoms with E-state index >= 15 is 0 Å². The number of anilines is 2. The molecule has 0 bridgehead atoms. The van der Waals surface area contributed by atoms with Gasteiger partial charge in [-0.3, -0.25) is 14.4 Å². The number of para-hydroxylation sites is 1. The molecule has 2 rings (SSSR count). The highest BCUT2D eigenvalue weighted by atomic mass is 16.5. The fourth-order valence-electron chi connectivity index (χ4n) is 2.43. The molecule has 0 atom stereocenters. The van der Waals surface area contributed by atoms with Gasteiger partial charge in [-0.1, -0.05) is 30.3 Å². The Kier molecular flexibility index (Phi) is 7.11. The Bertz CT molecular complexity index is 846. The molecular weight excluding hydrogens is 344 g/mol. The van der Waals surface area contributed by atoms with E-state index in [2.05, 4.69) is 10.6 Å². The maximum atomic E-state index is 11.9. The number of nitrogens with one attached hydrogen (secondary N) is 2. The molecule has 0 spiro atoms. The summed E-state index contributed by atoms with van der Waals surface area (Å²) in [6.45, 7) is 5.36. The van der Waals surface area contributed by atoms with Crippen LogP contribution >= 0.6 is 0 Å². The number of amides is 2. The molecule has 0 fully saturated rings. The molecule has 142 valence electrons. The van der Waals surface area contributed by atoms with E-state index in [9.17, 15) is 14.4 Å². The second-order valence-corrected chi connectivity index (χ2v) is 6.32. The van der Waals surface area contributed by atoms with Gasteiger partial charge < -0.3 is 15.4 Å². The Balaban J connectivity index is 1.72. The first kappa shape index (κ1) is 20.2. The number of aryl methyl sites for hydroxylation is 2. The summed E-state index contributed by atoms with van der Waals surface area (Å²) < 4.78 is 4.94. The summed E-state index contributed by atoms with van der Waals surface area (Å²) in [4.78, 5) is 35.6. The molecule has 6 heteroatoms. The summed E-state index contributed by atoms with van der Waals surface area (Å²) in [6, 6.07) is 13.0. The third kappa shape index (κ3) is 6.26. The first-order valence-electron chi connectivity index (χ1n) is 8.74. The number of benzene rings is 2. The van der Waals surface area contributed by atoms with Gasteiger partial charge in [-0.05, 0) is 49.6 Å². The minimum absolute atomic E-state index is 0.00816. The van der Waals surface area contributed by atoms with Crippen molar-refractivity contribution < 1.29 is 19.1 Å². The largest absolute Gasteiger partial charge is 0.456 e. The molecule has 0 saturated carbocycles. The predicted octanol–water partition coefficient (Wildman–Crippen LogP) is 3.51. The van der Waals surface area contributed by atoms with Crippen LogP contribution in [0.3, 0.4) is 0 Å². The van der Waals surface area contributed by atoms with Gasteiger partial charge in [-0.25, -0.2) is 0 Å². The molecule has 0 aliphatic heterocycles. The fraction of sp³-hybridized carbons (Fsp3) is 0.286. The minimum Gasteiger partial charge on any atom is -0.456 e. The molecule has 0 aliphatic carbocycles. The maximum Gasteiger partial charge on any atom is 0.306 e. The van der Waals surface area contributed by atoms with Gasteiger partial charge in [0.1, 0.15) is 0 Å². The quantitative estimate of drug-likeness (QED) is 0.733. The summed E-state index contributed by atoms with van der Waals surface area (Å²) >= 11 is 0. The highest BCUT2D eigenvalue weighted by Crippen LogP contribution is 2.17. The van der Waals surface area contributed by atoms with Crippen LogP contribution in [0.5, 0.6) is 0 Å². The normalized spacial score (nSPS) is 10.2. The van der Waals surface area contributed by atoms with Crippen LogP contribution in [0.2, 0.25) is 0 Å². The minimum atomic E-state index is -0.592. The fourth-order valence-corrected chi connectivity index (χ4v) is 2.43. The van der Waals surface area contributed by atoms with Crippen LogP contribution in [0.25, 0.3) is 0 Å². The molecule has 27 heavy (non-hydrogen) atoms. The lowest BCUT2D eigenvalue weighted by Gasteiger charge is -2.11. The second-order valence-electron chi connectivity index (χ2n) is 6.32. The lowest BCUT2D eigenvalue weighted by atomic mass is 10.1. The van der Waals surface area contributed by atoms with E-state index in [-0.39, 0.29) is 25.4 Å². The molecule has 2 aromatic carbocycles. The van der Waals surface area contributed by atoms with Crippen LogP contribution < -0.4 is 10.6 Å². The zero-order chi connectivity index (χ0) is 19.8. The third-order valence-electron chi connectivity index (χ3n) is 4.22. The van der Waals surface area contributed by atoms with E-state index in [4.69, 9.17) is 4.74 Å². The summed E-state index contributed by atoms with van der Waals surface area (Å²) in [5, 5.41) is 5.46. The van der Waals surface area contributed by atoms with E-state index in [1.165, 1.54) is 0 Å². The average molecular weight is 368 g/mol. The van der Waals surface area contributed by atoms with Crippen LogP contribution in [0.15, 0.2) is 42.5 Å². The number of esters is 1. The summed E-state index contributed by atoms with van der Waals surface area (Å²) in [5.74, 6) is -1.28. The van der Waals surface area contributed by atoms with Crippen molar-refractivity contribution in [2.24, 2.45) is 0 Å². The lowest BCUT2D eigenvalue weighted by Crippen LogP contribution is -2.22. The second kappa shape index (κ2) is 9.52. The van der Waals surface area contributed by atoms with E-state index in [0.717, 1.165) is 16.7 Å². The average Bonchev–Trinajstić information content (AvgIpc) is 2.64. The van der Waals surface area contributed by atoms with Crippen molar-refractivity contribution in [1.82, 2.24) is 0 Å². The molecule has 0 aliphatic rings. The molecule has 0 radical (unpaired) electrons. The van der Waals surface area contributed by atoms with E-state index in [0.29, 0.717) is 11.4 Å². The molecule has 0 heterocycles. The van der Waals surface area contributed by atoms with Crippen molar-refractivity contribution in [3.05, 3.63) is 59.2 Å². The van der Waals surface area contributed by atoms with Crippen molar-refractivity contribution in [2.45, 2.75) is 33.6 Å². The van der Waals surface area contributed by atoms with Gasteiger partial charge in [0.2, 0.25) is 5.91 Å². The molecule has 6 nitrogen and oxygen atoms in total. The molecule has 0 unspecified atom stereocenters. The van der Waals surface area contributed by atoms with Gasteiger partial charge >= 0.3 is 5.97 Å². The number of ether oxygens (including phenoxy) is 1. The lowest BCUT2D eigenvalue weighted by molar-refractivity contribution is -0.147. The van der Waals surface area contributed by atoms with Crippen molar-refractivity contribution in [3.8, 4) is 0 Å². The Hall–Kier alpha value is -3.15. The SMILES string of the molecule is Cc1ccccc1NC(=O)CCC(=O)OCC(=O)Nc1cccc(C)c1C. The molecule has 2 N–H and O–H groups in total. The Morgan fingerprint density at radius 2 is 1.41 bits per heavy atom. The van der Waals surface area contributed by atoms with Crippen LogP contribution in [0, 0.1) is 20.8 Å². The van der Waals surface area contributed by atoms with Gasteiger partial charge in [-0.2, -0.15) is 0 Å². The van der Waals surface area contributed by atoms with Crippen LogP contribution in [0.1, 0.15) is 29.5 Å². The zero-order valence-electron chi connectivity index (χ0n) is 15.8. The summed E-state index contributed by atoms with van der Waals surface area (Å²) in [6.07, 6.45) is -0.0970. The van der Waals surface area contributed by atoms with Crippen molar-refractivity contribution >= 4 is 29.2 Å². The summed E-state index contributed by atoms with van der Waals surface area (Å²) in [5.41, 5.74) is 4.36. The smallest absolute Gasteiger partial charge is 0.306 e. The Labute approximate surface area is 158 Å². The van der Waals surface area contributed by atoms with E-state index in [1.54, 1.807) is 12.1 Å². The number of carbonyl (C=O) groups is 3. The monoisotopic (exact) mass is 368 g/mol. The number of carbonyl (C=O) groups excluding carboxylic acids is 3. The molecule has 0 aromatic heterocycles. The summed E-state index contributed by atoms with van der Waals surface area (Å²) in [7, 11) is 0. The highest BCUT2D eigenvalue weighted by molar-refractivity contribution is 5.95. The number of hydrogen-bond acceptors (Lipinski definition) is 4. The predicted molar refractivity (Wildman–Crippen MR) is 105 cm³/mol. The van der Waals surface area contributed by atoms with Gasteiger partial charge in [0, 0.05) is 17.8 Å². The molecule has 2 aromatic rings. The molecule has 0 saturated heterocycles. The van der Waals surface area contributed by atoms with Crippen LogP contribution in [-0.4, -0.2) is 24.4 Å². The standard InChI is InChI=1S/C21H24N2O4/c1-14-8-6-10-18(16(14)3)23-20(25)13-27-21(26)12-11-19(24)22-17-9-5-4-7-15(17)2/h4-10H,11-13H2,1-3H3,(H,22,24)(H,23,25). The van der Waals surface area contributed by atoms with Crippen LogP contribution in [0.4, 0.5) is 11.4 Å².